The summed E-state index contributed by atoms with van der Waals surface area (Å²) in [5, 5.41) is 2.81. The summed E-state index contributed by atoms with van der Waals surface area (Å²) in [7, 11) is 0. The predicted octanol–water partition coefficient (Wildman–Crippen LogP) is 3.34. The van der Waals surface area contributed by atoms with Crippen LogP contribution in [-0.2, 0) is 21.4 Å². The van der Waals surface area contributed by atoms with Gasteiger partial charge in [-0.15, -0.1) is 0 Å². The summed E-state index contributed by atoms with van der Waals surface area (Å²) < 4.78 is 13.2. The maximum atomic E-state index is 13.4. The summed E-state index contributed by atoms with van der Waals surface area (Å²) in [6.07, 6.45) is 0.182. The molecule has 2 amide bonds. The molecule has 3 aromatic carbocycles. The van der Waals surface area contributed by atoms with E-state index in [2.05, 4.69) is 5.32 Å². The fraction of sp³-hybridized carbons (Fsp3) is 0.167. The Morgan fingerprint density at radius 2 is 1.38 bits per heavy atom. The van der Waals surface area contributed by atoms with Gasteiger partial charge in [-0.25, -0.2) is 4.39 Å². The molecule has 5 heteroatoms. The van der Waals surface area contributed by atoms with E-state index in [9.17, 15) is 14.0 Å². The largest absolute Gasteiger partial charge is 0.368 e. The van der Waals surface area contributed by atoms with Crippen LogP contribution in [0, 0.1) is 5.82 Å². The van der Waals surface area contributed by atoms with Gasteiger partial charge in [0.05, 0.1) is 5.41 Å². The highest BCUT2D eigenvalue weighted by Gasteiger charge is 2.38. The molecule has 0 saturated carbocycles. The molecule has 3 aromatic rings. The standard InChI is InChI=1S/C24H23FN2O2/c1-24(18-8-4-2-5-9-18,19-10-6-3-7-11-19)23(29)27-21(22(26)28)16-17-12-14-20(25)15-13-17/h2-15,21H,16H2,1H3,(H2,26,28)(H,27,29)/t21-/m1/s1. The molecule has 3 N–H and O–H groups in total. The number of amides is 2. The van der Waals surface area contributed by atoms with Crippen LogP contribution in [0.1, 0.15) is 23.6 Å². The minimum Gasteiger partial charge on any atom is -0.368 e. The molecule has 0 heterocycles. The van der Waals surface area contributed by atoms with Gasteiger partial charge in [-0.05, 0) is 35.7 Å². The van der Waals surface area contributed by atoms with Crippen LogP contribution in [0.5, 0.6) is 0 Å². The van der Waals surface area contributed by atoms with Crippen molar-refractivity contribution in [3.63, 3.8) is 0 Å². The van der Waals surface area contributed by atoms with E-state index in [1.807, 2.05) is 67.6 Å². The molecule has 148 valence electrons. The highest BCUT2D eigenvalue weighted by atomic mass is 19.1. The van der Waals surface area contributed by atoms with Gasteiger partial charge in [0.25, 0.3) is 0 Å². The zero-order chi connectivity index (χ0) is 20.9. The average molecular weight is 390 g/mol. The Labute approximate surface area is 169 Å². The van der Waals surface area contributed by atoms with E-state index >= 15 is 0 Å². The number of hydrogen-bond acceptors (Lipinski definition) is 2. The van der Waals surface area contributed by atoms with Crippen molar-refractivity contribution in [2.45, 2.75) is 24.8 Å². The molecular formula is C24H23FN2O2. The van der Waals surface area contributed by atoms with Crippen LogP contribution in [0.4, 0.5) is 4.39 Å². The Bertz CT molecular complexity index is 933. The van der Waals surface area contributed by atoms with Crippen LogP contribution >= 0.6 is 0 Å². The quantitative estimate of drug-likeness (QED) is 0.649. The lowest BCUT2D eigenvalue weighted by molar-refractivity contribution is -0.129. The first kappa shape index (κ1) is 20.3. The molecule has 0 aliphatic heterocycles. The van der Waals surface area contributed by atoms with E-state index in [4.69, 9.17) is 5.73 Å². The van der Waals surface area contributed by atoms with E-state index in [0.717, 1.165) is 11.1 Å². The van der Waals surface area contributed by atoms with Crippen LogP contribution in [0.25, 0.3) is 0 Å². The molecule has 0 aliphatic carbocycles. The third kappa shape index (κ3) is 4.51. The van der Waals surface area contributed by atoms with E-state index in [0.29, 0.717) is 5.56 Å². The van der Waals surface area contributed by atoms with E-state index in [1.165, 1.54) is 12.1 Å². The first-order chi connectivity index (χ1) is 13.9. The first-order valence-corrected chi connectivity index (χ1v) is 9.37. The molecule has 0 radical (unpaired) electrons. The lowest BCUT2D eigenvalue weighted by Crippen LogP contribution is -2.52. The van der Waals surface area contributed by atoms with Crippen molar-refractivity contribution >= 4 is 11.8 Å². The average Bonchev–Trinajstić information content (AvgIpc) is 2.75. The third-order valence-corrected chi connectivity index (χ3v) is 5.16. The van der Waals surface area contributed by atoms with Gasteiger partial charge in [-0.3, -0.25) is 9.59 Å². The minimum absolute atomic E-state index is 0.182. The van der Waals surface area contributed by atoms with Gasteiger partial charge >= 0.3 is 0 Å². The number of carbonyl (C=O) groups excluding carboxylic acids is 2. The molecule has 4 nitrogen and oxygen atoms in total. The molecule has 0 unspecified atom stereocenters. The van der Waals surface area contributed by atoms with Gasteiger partial charge in [0.1, 0.15) is 11.9 Å². The second kappa shape index (κ2) is 8.69. The van der Waals surface area contributed by atoms with Crippen molar-refractivity contribution in [2.75, 3.05) is 0 Å². The highest BCUT2D eigenvalue weighted by Crippen LogP contribution is 2.32. The van der Waals surface area contributed by atoms with Crippen molar-refractivity contribution in [1.29, 1.82) is 0 Å². The van der Waals surface area contributed by atoms with Crippen LogP contribution in [-0.4, -0.2) is 17.9 Å². The first-order valence-electron chi connectivity index (χ1n) is 9.37. The van der Waals surface area contributed by atoms with Crippen molar-refractivity contribution < 1.29 is 14.0 Å². The number of hydrogen-bond donors (Lipinski definition) is 2. The predicted molar refractivity (Wildman–Crippen MR) is 111 cm³/mol. The molecule has 0 aliphatic rings. The zero-order valence-electron chi connectivity index (χ0n) is 16.1. The van der Waals surface area contributed by atoms with Crippen LogP contribution in [0.15, 0.2) is 84.9 Å². The number of halogens is 1. The molecule has 1 atom stereocenters. The zero-order valence-corrected chi connectivity index (χ0v) is 16.1. The normalized spacial score (nSPS) is 12.2. The molecule has 0 fully saturated rings. The lowest BCUT2D eigenvalue weighted by atomic mass is 9.75. The number of primary amides is 1. The molecule has 0 spiro atoms. The number of benzene rings is 3. The second-order valence-electron chi connectivity index (χ2n) is 7.12. The Morgan fingerprint density at radius 1 is 0.897 bits per heavy atom. The van der Waals surface area contributed by atoms with Crippen LogP contribution < -0.4 is 11.1 Å². The number of nitrogens with one attached hydrogen (secondary N) is 1. The summed E-state index contributed by atoms with van der Waals surface area (Å²) in [5.74, 6) is -1.35. The SMILES string of the molecule is CC(C(=O)N[C@H](Cc1ccc(F)cc1)C(N)=O)(c1ccccc1)c1ccccc1. The maximum Gasteiger partial charge on any atom is 0.240 e. The van der Waals surface area contributed by atoms with Crippen molar-refractivity contribution in [3.05, 3.63) is 107 Å². The Balaban J connectivity index is 1.92. The second-order valence-corrected chi connectivity index (χ2v) is 7.12. The summed E-state index contributed by atoms with van der Waals surface area (Å²) in [5.41, 5.74) is 6.85. The van der Waals surface area contributed by atoms with Crippen LogP contribution in [0.2, 0.25) is 0 Å². The molecule has 3 rings (SSSR count). The lowest BCUT2D eigenvalue weighted by Gasteiger charge is -2.31. The van der Waals surface area contributed by atoms with Gasteiger partial charge in [-0.2, -0.15) is 0 Å². The Hall–Kier alpha value is -3.47. The Kier molecular flexibility index (Phi) is 6.07. The molecule has 0 bridgehead atoms. The van der Waals surface area contributed by atoms with Gasteiger partial charge in [-0.1, -0.05) is 72.8 Å². The minimum atomic E-state index is -1.01. The summed E-state index contributed by atoms with van der Waals surface area (Å²) in [4.78, 5) is 25.5. The summed E-state index contributed by atoms with van der Waals surface area (Å²) in [6.45, 7) is 1.82. The van der Waals surface area contributed by atoms with Gasteiger partial charge in [0.2, 0.25) is 11.8 Å². The van der Waals surface area contributed by atoms with Crippen molar-refractivity contribution in [3.8, 4) is 0 Å². The summed E-state index contributed by atoms with van der Waals surface area (Å²) in [6, 6.07) is 23.6. The molecule has 29 heavy (non-hydrogen) atoms. The topological polar surface area (TPSA) is 72.2 Å². The van der Waals surface area contributed by atoms with Crippen molar-refractivity contribution in [2.24, 2.45) is 5.73 Å². The highest BCUT2D eigenvalue weighted by molar-refractivity contribution is 5.95. The Morgan fingerprint density at radius 3 is 1.83 bits per heavy atom. The van der Waals surface area contributed by atoms with Crippen molar-refractivity contribution in [1.82, 2.24) is 5.32 Å². The fourth-order valence-corrected chi connectivity index (χ4v) is 3.35. The number of rotatable bonds is 7. The monoisotopic (exact) mass is 390 g/mol. The number of carbonyl (C=O) groups is 2. The third-order valence-electron chi connectivity index (χ3n) is 5.16. The van der Waals surface area contributed by atoms with Gasteiger partial charge in [0, 0.05) is 6.42 Å². The van der Waals surface area contributed by atoms with E-state index < -0.39 is 17.4 Å². The van der Waals surface area contributed by atoms with Gasteiger partial charge < -0.3 is 11.1 Å². The van der Waals surface area contributed by atoms with E-state index in [-0.39, 0.29) is 18.1 Å². The molecule has 0 aromatic heterocycles. The molecular weight excluding hydrogens is 367 g/mol. The number of nitrogens with two attached hydrogens (primary N) is 1. The molecule has 0 saturated heterocycles. The van der Waals surface area contributed by atoms with E-state index in [1.54, 1.807) is 12.1 Å². The smallest absolute Gasteiger partial charge is 0.240 e. The summed E-state index contributed by atoms with van der Waals surface area (Å²) >= 11 is 0. The maximum absolute atomic E-state index is 13.4. The van der Waals surface area contributed by atoms with Gasteiger partial charge in [0.15, 0.2) is 0 Å². The van der Waals surface area contributed by atoms with Crippen LogP contribution in [0.3, 0.4) is 0 Å². The fourth-order valence-electron chi connectivity index (χ4n) is 3.35.